The number of hydrogen-bond donors (Lipinski definition) is 2. The molecule has 0 aliphatic carbocycles. The highest BCUT2D eigenvalue weighted by Crippen LogP contribution is 2.23. The molecule has 1 heterocycles. The van der Waals surface area contributed by atoms with Crippen LogP contribution in [0.15, 0.2) is 24.3 Å². The van der Waals surface area contributed by atoms with Crippen molar-refractivity contribution >= 4 is 23.1 Å². The predicted octanol–water partition coefficient (Wildman–Crippen LogP) is 1.98. The van der Waals surface area contributed by atoms with Crippen molar-refractivity contribution in [3.05, 3.63) is 66.9 Å². The van der Waals surface area contributed by atoms with E-state index in [1.807, 2.05) is 6.07 Å². The summed E-state index contributed by atoms with van der Waals surface area (Å²) >= 11 is 0. The number of carbonyl (C=O) groups excluding carboxylic acids is 1. The molecule has 2 aromatic rings. The third-order valence-electron chi connectivity index (χ3n) is 3.52. The van der Waals surface area contributed by atoms with Gasteiger partial charge in [0, 0.05) is 30.5 Å². The number of nitro benzene ring substituents is 2. The van der Waals surface area contributed by atoms with Gasteiger partial charge in [0.15, 0.2) is 5.82 Å². The molecule has 144 valence electrons. The van der Waals surface area contributed by atoms with Crippen LogP contribution in [0.2, 0.25) is 0 Å². The summed E-state index contributed by atoms with van der Waals surface area (Å²) in [5, 5.41) is 31.2. The zero-order valence-corrected chi connectivity index (χ0v) is 14.8. The monoisotopic (exact) mass is 386 g/mol. The van der Waals surface area contributed by atoms with Gasteiger partial charge in [0.1, 0.15) is 11.6 Å². The van der Waals surface area contributed by atoms with Gasteiger partial charge in [-0.3, -0.25) is 35.9 Å². The van der Waals surface area contributed by atoms with E-state index in [0.717, 1.165) is 18.2 Å². The van der Waals surface area contributed by atoms with Gasteiger partial charge < -0.3 is 4.74 Å². The Morgan fingerprint density at radius 3 is 2.32 bits per heavy atom. The lowest BCUT2D eigenvalue weighted by atomic mass is 10.1. The number of methoxy groups -OCH3 is 1. The van der Waals surface area contributed by atoms with E-state index in [1.54, 1.807) is 13.0 Å². The van der Waals surface area contributed by atoms with E-state index >= 15 is 0 Å². The van der Waals surface area contributed by atoms with E-state index in [9.17, 15) is 30.3 Å². The van der Waals surface area contributed by atoms with Crippen LogP contribution in [0.5, 0.6) is 0 Å². The third-order valence-corrected chi connectivity index (χ3v) is 3.52. The quantitative estimate of drug-likeness (QED) is 0.532. The van der Waals surface area contributed by atoms with Gasteiger partial charge in [0.25, 0.3) is 17.3 Å². The number of nitrogens with one attached hydrogen (secondary N) is 2. The number of carbonyl (C=O) groups is 1. The van der Waals surface area contributed by atoms with Crippen molar-refractivity contribution in [3.8, 4) is 6.07 Å². The number of aromatic nitrogens is 1. The Hall–Kier alpha value is -4.11. The fourth-order valence-electron chi connectivity index (χ4n) is 2.35. The van der Waals surface area contributed by atoms with Crippen LogP contribution in [0.3, 0.4) is 0 Å². The Balaban J connectivity index is 2.31. The molecule has 12 nitrogen and oxygen atoms in total. The molecule has 0 fully saturated rings. The van der Waals surface area contributed by atoms with Gasteiger partial charge in [-0.15, -0.1) is 0 Å². The molecule has 0 unspecified atom stereocenters. The number of aryl methyl sites for hydroxylation is 1. The van der Waals surface area contributed by atoms with Crippen molar-refractivity contribution in [3.63, 3.8) is 0 Å². The minimum Gasteiger partial charge on any atom is -0.380 e. The van der Waals surface area contributed by atoms with Gasteiger partial charge in [0.05, 0.1) is 28.1 Å². The zero-order valence-electron chi connectivity index (χ0n) is 14.8. The number of pyridine rings is 1. The van der Waals surface area contributed by atoms with Gasteiger partial charge in [0.2, 0.25) is 0 Å². The van der Waals surface area contributed by atoms with Crippen LogP contribution in [0.25, 0.3) is 0 Å². The number of non-ortho nitro benzene ring substituents is 2. The number of nitrogens with zero attached hydrogens (tertiary/aromatic N) is 4. The molecule has 0 saturated heterocycles. The highest BCUT2D eigenvalue weighted by Gasteiger charge is 2.20. The number of hydrogen-bond acceptors (Lipinski definition) is 9. The second-order valence-corrected chi connectivity index (χ2v) is 5.52. The lowest BCUT2D eigenvalue weighted by Gasteiger charge is -2.12. The molecule has 2 rings (SSSR count). The van der Waals surface area contributed by atoms with Crippen molar-refractivity contribution in [2.24, 2.45) is 0 Å². The van der Waals surface area contributed by atoms with E-state index < -0.39 is 27.1 Å². The van der Waals surface area contributed by atoms with E-state index in [4.69, 9.17) is 4.74 Å². The summed E-state index contributed by atoms with van der Waals surface area (Å²) in [6, 6.07) is 6.15. The summed E-state index contributed by atoms with van der Waals surface area (Å²) in [5.41, 5.74) is 4.41. The number of benzene rings is 1. The summed E-state index contributed by atoms with van der Waals surface area (Å²) in [5.74, 6) is -0.838. The molecule has 0 saturated carbocycles. The minimum atomic E-state index is -0.882. The average molecular weight is 386 g/mol. The molecular formula is C16H14N6O6. The second kappa shape index (κ2) is 8.52. The van der Waals surface area contributed by atoms with Crippen LogP contribution in [0.4, 0.5) is 17.2 Å². The molecule has 12 heteroatoms. The summed E-state index contributed by atoms with van der Waals surface area (Å²) in [6.45, 7) is 1.82. The highest BCUT2D eigenvalue weighted by molar-refractivity contribution is 5.96. The van der Waals surface area contributed by atoms with E-state index in [1.165, 1.54) is 7.11 Å². The fraction of sp³-hybridized carbons (Fsp3) is 0.188. The summed E-state index contributed by atoms with van der Waals surface area (Å²) in [6.07, 6.45) is 0. The Morgan fingerprint density at radius 1 is 1.21 bits per heavy atom. The largest absolute Gasteiger partial charge is 0.380 e. The first-order chi connectivity index (χ1) is 13.3. The first-order valence-corrected chi connectivity index (χ1v) is 7.66. The molecule has 0 spiro atoms. The van der Waals surface area contributed by atoms with Crippen molar-refractivity contribution in [2.45, 2.75) is 13.5 Å². The van der Waals surface area contributed by atoms with Crippen molar-refractivity contribution in [1.82, 2.24) is 10.4 Å². The predicted molar refractivity (Wildman–Crippen MR) is 95.2 cm³/mol. The Bertz CT molecular complexity index is 968. The number of anilines is 1. The maximum atomic E-state index is 12.3. The van der Waals surface area contributed by atoms with Crippen molar-refractivity contribution in [2.75, 3.05) is 12.5 Å². The molecule has 0 aliphatic heterocycles. The number of hydrazine groups is 1. The van der Waals surface area contributed by atoms with Crippen LogP contribution in [-0.4, -0.2) is 27.8 Å². The first kappa shape index (κ1) is 20.2. The minimum absolute atomic E-state index is 0.0443. The van der Waals surface area contributed by atoms with Gasteiger partial charge >= 0.3 is 0 Å². The molecule has 0 aliphatic rings. The Labute approximate surface area is 158 Å². The summed E-state index contributed by atoms with van der Waals surface area (Å²) in [4.78, 5) is 36.6. The molecule has 1 aromatic heterocycles. The number of amides is 1. The van der Waals surface area contributed by atoms with E-state index in [0.29, 0.717) is 11.3 Å². The molecule has 1 aromatic carbocycles. The topological polar surface area (TPSA) is 173 Å². The fourth-order valence-corrected chi connectivity index (χ4v) is 2.35. The van der Waals surface area contributed by atoms with Gasteiger partial charge in [-0.1, -0.05) is 0 Å². The molecule has 0 atom stereocenters. The lowest BCUT2D eigenvalue weighted by Crippen LogP contribution is -2.30. The van der Waals surface area contributed by atoms with Crippen LogP contribution in [0, 0.1) is 38.5 Å². The molecule has 0 bridgehead atoms. The first-order valence-electron chi connectivity index (χ1n) is 7.66. The molecule has 2 N–H and O–H groups in total. The van der Waals surface area contributed by atoms with Crippen LogP contribution in [-0.2, 0) is 11.3 Å². The second-order valence-electron chi connectivity index (χ2n) is 5.52. The summed E-state index contributed by atoms with van der Waals surface area (Å²) < 4.78 is 5.02. The zero-order chi connectivity index (χ0) is 20.8. The number of nitro groups is 2. The van der Waals surface area contributed by atoms with Crippen LogP contribution in [0.1, 0.15) is 27.2 Å². The SMILES string of the molecule is COCc1cc(C)nc(NNC(=O)c2cc([N+](=O)[O-])cc([N+](=O)[O-])c2)c1C#N. The molecule has 1 amide bonds. The highest BCUT2D eigenvalue weighted by atomic mass is 16.6. The smallest absolute Gasteiger partial charge is 0.277 e. The number of rotatable bonds is 7. The average Bonchev–Trinajstić information content (AvgIpc) is 2.65. The van der Waals surface area contributed by atoms with Gasteiger partial charge in [-0.2, -0.15) is 5.26 Å². The molecule has 28 heavy (non-hydrogen) atoms. The molecule has 0 radical (unpaired) electrons. The van der Waals surface area contributed by atoms with E-state index in [2.05, 4.69) is 15.8 Å². The standard InChI is InChI=1S/C16H14N6O6/c1-9-3-11(8-28-2)14(7-17)15(18-9)19-20-16(23)10-4-12(21(24)25)6-13(5-10)22(26)27/h3-6H,8H2,1-2H3,(H,18,19)(H,20,23). The van der Waals surface area contributed by atoms with Crippen molar-refractivity contribution < 1.29 is 19.4 Å². The van der Waals surface area contributed by atoms with Crippen LogP contribution >= 0.6 is 0 Å². The maximum absolute atomic E-state index is 12.3. The van der Waals surface area contributed by atoms with E-state index in [-0.39, 0.29) is 23.6 Å². The maximum Gasteiger partial charge on any atom is 0.277 e. The summed E-state index contributed by atoms with van der Waals surface area (Å²) in [7, 11) is 1.46. The van der Waals surface area contributed by atoms with Crippen LogP contribution < -0.4 is 10.9 Å². The lowest BCUT2D eigenvalue weighted by molar-refractivity contribution is -0.394. The Morgan fingerprint density at radius 2 is 1.82 bits per heavy atom. The van der Waals surface area contributed by atoms with Gasteiger partial charge in [-0.05, 0) is 13.0 Å². The third kappa shape index (κ3) is 4.54. The number of ether oxygens (including phenoxy) is 1. The number of nitriles is 1. The normalized spacial score (nSPS) is 10.0. The Kier molecular flexibility index (Phi) is 6.14. The van der Waals surface area contributed by atoms with Crippen molar-refractivity contribution in [1.29, 1.82) is 5.26 Å². The van der Waals surface area contributed by atoms with Gasteiger partial charge in [-0.25, -0.2) is 4.98 Å². The molecular weight excluding hydrogens is 372 g/mol.